The van der Waals surface area contributed by atoms with Crippen molar-refractivity contribution in [1.82, 2.24) is 0 Å². The zero-order chi connectivity index (χ0) is 10.6. The summed E-state index contributed by atoms with van der Waals surface area (Å²) in [6.45, 7) is 3.93. The molecule has 1 aromatic rings. The minimum atomic E-state index is -0.143. The number of hydrogen-bond acceptors (Lipinski definition) is 2. The fourth-order valence-corrected chi connectivity index (χ4v) is 1.26. The van der Waals surface area contributed by atoms with Crippen molar-refractivity contribution in [2.45, 2.75) is 13.8 Å². The van der Waals surface area contributed by atoms with Crippen molar-refractivity contribution in [1.29, 1.82) is 0 Å². The Kier molecular flexibility index (Phi) is 3.77. The summed E-state index contributed by atoms with van der Waals surface area (Å²) in [4.78, 5) is 10.8. The summed E-state index contributed by atoms with van der Waals surface area (Å²) in [5, 5.41) is 3.09. The second kappa shape index (κ2) is 4.86. The molecule has 0 saturated carbocycles. The number of ether oxygens (including phenoxy) is 1. The third kappa shape index (κ3) is 2.92. The smallest absolute Gasteiger partial charge is 0.221 e. The van der Waals surface area contributed by atoms with Crippen LogP contribution in [0.1, 0.15) is 13.8 Å². The molecule has 0 heterocycles. The van der Waals surface area contributed by atoms with Crippen LogP contribution in [-0.4, -0.2) is 12.5 Å². The number of amides is 1. The number of nitrogens with one attached hydrogen (secondary N) is 1. The highest BCUT2D eigenvalue weighted by molar-refractivity contribution is 6.33. The van der Waals surface area contributed by atoms with Gasteiger partial charge in [-0.15, -0.1) is 0 Å². The van der Waals surface area contributed by atoms with E-state index in [4.69, 9.17) is 16.3 Å². The van der Waals surface area contributed by atoms with Gasteiger partial charge in [0.1, 0.15) is 5.75 Å². The Balaban J connectivity index is 2.84. The van der Waals surface area contributed by atoms with Gasteiger partial charge >= 0.3 is 0 Å². The maximum atomic E-state index is 10.8. The third-order valence-corrected chi connectivity index (χ3v) is 1.87. The van der Waals surface area contributed by atoms with E-state index in [1.54, 1.807) is 18.2 Å². The van der Waals surface area contributed by atoms with Gasteiger partial charge in [-0.25, -0.2) is 0 Å². The molecule has 0 aliphatic heterocycles. The molecule has 0 atom stereocenters. The number of rotatable bonds is 3. The van der Waals surface area contributed by atoms with E-state index >= 15 is 0 Å². The molecule has 1 amide bonds. The molecule has 3 nitrogen and oxygen atoms in total. The van der Waals surface area contributed by atoms with Crippen LogP contribution in [0.4, 0.5) is 5.69 Å². The lowest BCUT2D eigenvalue weighted by Crippen LogP contribution is -2.06. The predicted molar refractivity (Wildman–Crippen MR) is 56.9 cm³/mol. The summed E-state index contributed by atoms with van der Waals surface area (Å²) in [6.07, 6.45) is 0. The van der Waals surface area contributed by atoms with Gasteiger partial charge in [0.15, 0.2) is 0 Å². The number of carbonyl (C=O) groups is 1. The molecule has 1 N–H and O–H groups in total. The fraction of sp³-hybridized carbons (Fsp3) is 0.300. The van der Waals surface area contributed by atoms with Crippen molar-refractivity contribution in [3.05, 3.63) is 23.2 Å². The van der Waals surface area contributed by atoms with Crippen LogP contribution >= 0.6 is 11.6 Å². The Morgan fingerprint density at radius 2 is 2.29 bits per heavy atom. The van der Waals surface area contributed by atoms with E-state index in [0.29, 0.717) is 23.1 Å². The van der Waals surface area contributed by atoms with Gasteiger partial charge in [0.05, 0.1) is 17.3 Å². The van der Waals surface area contributed by atoms with Crippen LogP contribution in [0.15, 0.2) is 18.2 Å². The first-order valence-electron chi connectivity index (χ1n) is 4.33. The molecule has 0 aliphatic rings. The second-order valence-electron chi connectivity index (χ2n) is 2.76. The average Bonchev–Trinajstić information content (AvgIpc) is 2.10. The number of hydrogen-bond donors (Lipinski definition) is 1. The van der Waals surface area contributed by atoms with Crippen molar-refractivity contribution >= 4 is 23.2 Å². The lowest BCUT2D eigenvalue weighted by atomic mass is 10.3. The van der Waals surface area contributed by atoms with E-state index in [1.165, 1.54) is 6.92 Å². The molecule has 0 radical (unpaired) electrons. The van der Waals surface area contributed by atoms with Crippen LogP contribution in [0, 0.1) is 0 Å². The molecule has 0 spiro atoms. The summed E-state index contributed by atoms with van der Waals surface area (Å²) >= 11 is 5.91. The highest BCUT2D eigenvalue weighted by Crippen LogP contribution is 2.26. The van der Waals surface area contributed by atoms with Gasteiger partial charge in [-0.05, 0) is 19.1 Å². The molecule has 0 fully saturated rings. The maximum Gasteiger partial charge on any atom is 0.221 e. The first-order chi connectivity index (χ1) is 6.63. The molecule has 1 rings (SSSR count). The van der Waals surface area contributed by atoms with Crippen LogP contribution in [-0.2, 0) is 4.79 Å². The van der Waals surface area contributed by atoms with Gasteiger partial charge < -0.3 is 10.1 Å². The summed E-state index contributed by atoms with van der Waals surface area (Å²) in [5.41, 5.74) is 0.600. The Bertz CT molecular complexity index is 339. The summed E-state index contributed by atoms with van der Waals surface area (Å²) < 4.78 is 5.25. The molecule has 0 unspecified atom stereocenters. The predicted octanol–water partition coefficient (Wildman–Crippen LogP) is 2.70. The molecule has 0 aliphatic carbocycles. The Morgan fingerprint density at radius 1 is 1.57 bits per heavy atom. The molecule has 0 aromatic heterocycles. The van der Waals surface area contributed by atoms with Crippen LogP contribution in [0.3, 0.4) is 0 Å². The standard InChI is InChI=1S/C10H12ClNO2/c1-3-14-8-4-5-10(9(11)6-8)12-7(2)13/h4-6H,3H2,1-2H3,(H,12,13). The largest absolute Gasteiger partial charge is 0.494 e. The third-order valence-electron chi connectivity index (χ3n) is 1.56. The number of halogens is 1. The zero-order valence-corrected chi connectivity index (χ0v) is 8.89. The molecule has 76 valence electrons. The normalized spacial score (nSPS) is 9.64. The molecule has 14 heavy (non-hydrogen) atoms. The highest BCUT2D eigenvalue weighted by atomic mass is 35.5. The highest BCUT2D eigenvalue weighted by Gasteiger charge is 2.03. The van der Waals surface area contributed by atoms with Crippen molar-refractivity contribution in [2.24, 2.45) is 0 Å². The van der Waals surface area contributed by atoms with Crippen LogP contribution in [0.2, 0.25) is 5.02 Å². The van der Waals surface area contributed by atoms with Crippen molar-refractivity contribution in [3.8, 4) is 5.75 Å². The lowest BCUT2D eigenvalue weighted by molar-refractivity contribution is -0.114. The fourth-order valence-electron chi connectivity index (χ4n) is 1.04. The minimum Gasteiger partial charge on any atom is -0.494 e. The summed E-state index contributed by atoms with van der Waals surface area (Å²) in [5.74, 6) is 0.558. The van der Waals surface area contributed by atoms with E-state index in [0.717, 1.165) is 0 Å². The average molecular weight is 214 g/mol. The van der Waals surface area contributed by atoms with Gasteiger partial charge in [-0.1, -0.05) is 11.6 Å². The van der Waals surface area contributed by atoms with E-state index in [2.05, 4.69) is 5.32 Å². The van der Waals surface area contributed by atoms with Crippen LogP contribution in [0.5, 0.6) is 5.75 Å². The number of carbonyl (C=O) groups excluding carboxylic acids is 1. The Labute approximate surface area is 88.0 Å². The van der Waals surface area contributed by atoms with E-state index < -0.39 is 0 Å². The topological polar surface area (TPSA) is 38.3 Å². The van der Waals surface area contributed by atoms with Gasteiger partial charge in [0, 0.05) is 13.0 Å². The van der Waals surface area contributed by atoms with Gasteiger partial charge in [0.25, 0.3) is 0 Å². The SMILES string of the molecule is CCOc1ccc(NC(C)=O)c(Cl)c1. The van der Waals surface area contributed by atoms with E-state index in [9.17, 15) is 4.79 Å². The maximum absolute atomic E-state index is 10.8. The van der Waals surface area contributed by atoms with Crippen molar-refractivity contribution < 1.29 is 9.53 Å². The summed E-state index contributed by atoms with van der Waals surface area (Å²) in [6, 6.07) is 5.16. The number of benzene rings is 1. The van der Waals surface area contributed by atoms with Gasteiger partial charge in [-0.3, -0.25) is 4.79 Å². The Morgan fingerprint density at radius 3 is 2.79 bits per heavy atom. The van der Waals surface area contributed by atoms with E-state index in [-0.39, 0.29) is 5.91 Å². The molecular weight excluding hydrogens is 202 g/mol. The molecular formula is C10H12ClNO2. The molecule has 4 heteroatoms. The lowest BCUT2D eigenvalue weighted by Gasteiger charge is -2.07. The summed E-state index contributed by atoms with van der Waals surface area (Å²) in [7, 11) is 0. The van der Waals surface area contributed by atoms with Gasteiger partial charge in [-0.2, -0.15) is 0 Å². The molecule has 1 aromatic carbocycles. The first-order valence-corrected chi connectivity index (χ1v) is 4.71. The van der Waals surface area contributed by atoms with Crippen LogP contribution < -0.4 is 10.1 Å². The number of anilines is 1. The van der Waals surface area contributed by atoms with Gasteiger partial charge in [0.2, 0.25) is 5.91 Å². The molecule has 0 saturated heterocycles. The zero-order valence-electron chi connectivity index (χ0n) is 8.13. The Hall–Kier alpha value is -1.22. The first kappa shape index (κ1) is 10.9. The quantitative estimate of drug-likeness (QED) is 0.839. The monoisotopic (exact) mass is 213 g/mol. The van der Waals surface area contributed by atoms with Crippen molar-refractivity contribution in [3.63, 3.8) is 0 Å². The second-order valence-corrected chi connectivity index (χ2v) is 3.16. The van der Waals surface area contributed by atoms with Crippen molar-refractivity contribution in [2.75, 3.05) is 11.9 Å². The molecule has 0 bridgehead atoms. The minimum absolute atomic E-state index is 0.143. The van der Waals surface area contributed by atoms with Crippen LogP contribution in [0.25, 0.3) is 0 Å². The van der Waals surface area contributed by atoms with E-state index in [1.807, 2.05) is 6.92 Å².